The van der Waals surface area contributed by atoms with E-state index >= 15 is 0 Å². The summed E-state index contributed by atoms with van der Waals surface area (Å²) in [6.07, 6.45) is 2.52. The Bertz CT molecular complexity index is 427. The van der Waals surface area contributed by atoms with Crippen molar-refractivity contribution in [2.45, 2.75) is 31.7 Å². The van der Waals surface area contributed by atoms with Crippen LogP contribution in [0.3, 0.4) is 0 Å². The molecule has 0 heterocycles. The second-order valence-corrected chi connectivity index (χ2v) is 4.85. The molecule has 16 heavy (non-hydrogen) atoms. The van der Waals surface area contributed by atoms with Crippen molar-refractivity contribution in [2.75, 3.05) is 5.32 Å². The molecule has 3 N–H and O–H groups in total. The van der Waals surface area contributed by atoms with Crippen LogP contribution in [0, 0.1) is 6.92 Å². The Hall–Kier alpha value is -1.06. The highest BCUT2D eigenvalue weighted by molar-refractivity contribution is 6.33. The summed E-state index contributed by atoms with van der Waals surface area (Å²) < 4.78 is 0. The largest absolute Gasteiger partial charge is 0.323 e. The van der Waals surface area contributed by atoms with Gasteiger partial charge in [0.15, 0.2) is 0 Å². The summed E-state index contributed by atoms with van der Waals surface area (Å²) >= 11 is 6.03. The number of hydrogen-bond donors (Lipinski definition) is 2. The Morgan fingerprint density at radius 3 is 2.69 bits per heavy atom. The van der Waals surface area contributed by atoms with Gasteiger partial charge in [0.25, 0.3) is 0 Å². The first-order valence-corrected chi connectivity index (χ1v) is 5.75. The van der Waals surface area contributed by atoms with E-state index in [0.29, 0.717) is 10.7 Å². The first-order chi connectivity index (χ1) is 7.51. The standard InChI is InChI=1S/C12H15ClN2O/c1-8-3-4-10(9(13)7-8)15-11(16)12(14)5-2-6-12/h3-4,7H,2,5-6,14H2,1H3,(H,15,16). The molecule has 3 nitrogen and oxygen atoms in total. The normalized spacial score (nSPS) is 17.7. The van der Waals surface area contributed by atoms with Crippen LogP contribution in [0.15, 0.2) is 18.2 Å². The topological polar surface area (TPSA) is 55.1 Å². The van der Waals surface area contributed by atoms with Crippen LogP contribution in [0.2, 0.25) is 5.02 Å². The molecule has 1 aromatic carbocycles. The van der Waals surface area contributed by atoms with Gasteiger partial charge in [0.05, 0.1) is 16.2 Å². The molecule has 0 aromatic heterocycles. The van der Waals surface area contributed by atoms with Gasteiger partial charge in [0, 0.05) is 0 Å². The lowest BCUT2D eigenvalue weighted by molar-refractivity contribution is -0.123. The van der Waals surface area contributed by atoms with Crippen LogP contribution in [0.1, 0.15) is 24.8 Å². The van der Waals surface area contributed by atoms with E-state index in [0.717, 1.165) is 24.8 Å². The van der Waals surface area contributed by atoms with Crippen molar-refractivity contribution >= 4 is 23.2 Å². The Morgan fingerprint density at radius 2 is 2.19 bits per heavy atom. The molecule has 1 amide bonds. The Morgan fingerprint density at radius 1 is 1.50 bits per heavy atom. The van der Waals surface area contributed by atoms with Crippen LogP contribution in [0.25, 0.3) is 0 Å². The molecular formula is C12H15ClN2O. The van der Waals surface area contributed by atoms with E-state index < -0.39 is 5.54 Å². The molecule has 0 atom stereocenters. The highest BCUT2D eigenvalue weighted by Crippen LogP contribution is 2.31. The maximum atomic E-state index is 11.9. The van der Waals surface area contributed by atoms with Crippen molar-refractivity contribution < 1.29 is 4.79 Å². The highest BCUT2D eigenvalue weighted by atomic mass is 35.5. The van der Waals surface area contributed by atoms with E-state index in [9.17, 15) is 4.79 Å². The summed E-state index contributed by atoms with van der Waals surface area (Å²) in [5.74, 6) is -0.135. The van der Waals surface area contributed by atoms with Crippen LogP contribution in [-0.4, -0.2) is 11.4 Å². The summed E-state index contributed by atoms with van der Waals surface area (Å²) in [6, 6.07) is 5.53. The van der Waals surface area contributed by atoms with E-state index in [-0.39, 0.29) is 5.91 Å². The minimum absolute atomic E-state index is 0.135. The molecule has 1 aliphatic rings. The van der Waals surface area contributed by atoms with Gasteiger partial charge in [-0.15, -0.1) is 0 Å². The summed E-state index contributed by atoms with van der Waals surface area (Å²) in [4.78, 5) is 11.9. The first-order valence-electron chi connectivity index (χ1n) is 5.38. The maximum absolute atomic E-state index is 11.9. The maximum Gasteiger partial charge on any atom is 0.244 e. The number of anilines is 1. The molecule has 1 aromatic rings. The molecule has 2 rings (SSSR count). The number of nitrogens with one attached hydrogen (secondary N) is 1. The fourth-order valence-corrected chi connectivity index (χ4v) is 2.04. The van der Waals surface area contributed by atoms with Crippen molar-refractivity contribution in [3.05, 3.63) is 28.8 Å². The van der Waals surface area contributed by atoms with Gasteiger partial charge in [-0.2, -0.15) is 0 Å². The van der Waals surface area contributed by atoms with Gasteiger partial charge in [0.1, 0.15) is 0 Å². The quantitative estimate of drug-likeness (QED) is 0.832. The third-order valence-electron chi connectivity index (χ3n) is 3.07. The lowest BCUT2D eigenvalue weighted by Gasteiger charge is -2.36. The van der Waals surface area contributed by atoms with Crippen molar-refractivity contribution in [3.63, 3.8) is 0 Å². The minimum Gasteiger partial charge on any atom is -0.323 e. The fourth-order valence-electron chi connectivity index (χ4n) is 1.75. The number of benzene rings is 1. The molecule has 0 unspecified atom stereocenters. The number of halogens is 1. The van der Waals surface area contributed by atoms with Crippen molar-refractivity contribution in [1.82, 2.24) is 0 Å². The Kier molecular flexibility index (Phi) is 2.91. The average molecular weight is 239 g/mol. The van der Waals surface area contributed by atoms with Gasteiger partial charge in [0.2, 0.25) is 5.91 Å². The molecule has 0 radical (unpaired) electrons. The second kappa shape index (κ2) is 4.07. The van der Waals surface area contributed by atoms with Gasteiger partial charge < -0.3 is 11.1 Å². The zero-order valence-electron chi connectivity index (χ0n) is 9.22. The molecule has 4 heteroatoms. The zero-order chi connectivity index (χ0) is 11.8. The third-order valence-corrected chi connectivity index (χ3v) is 3.38. The van der Waals surface area contributed by atoms with Crippen molar-refractivity contribution in [3.8, 4) is 0 Å². The number of hydrogen-bond acceptors (Lipinski definition) is 2. The summed E-state index contributed by atoms with van der Waals surface area (Å²) in [6.45, 7) is 1.95. The molecule has 1 aliphatic carbocycles. The molecule has 1 fully saturated rings. The minimum atomic E-state index is -0.686. The van der Waals surface area contributed by atoms with E-state index in [2.05, 4.69) is 5.32 Å². The summed E-state index contributed by atoms with van der Waals surface area (Å²) in [5.41, 5.74) is 6.93. The summed E-state index contributed by atoms with van der Waals surface area (Å²) in [7, 11) is 0. The van der Waals surface area contributed by atoms with Crippen LogP contribution in [0.4, 0.5) is 5.69 Å². The lowest BCUT2D eigenvalue weighted by atomic mass is 9.77. The van der Waals surface area contributed by atoms with Gasteiger partial charge in [-0.05, 0) is 43.9 Å². The van der Waals surface area contributed by atoms with Gasteiger partial charge in [-0.1, -0.05) is 17.7 Å². The van der Waals surface area contributed by atoms with E-state index in [1.54, 1.807) is 6.07 Å². The number of rotatable bonds is 2. The Balaban J connectivity index is 2.12. The number of amides is 1. The predicted molar refractivity (Wildman–Crippen MR) is 65.6 cm³/mol. The van der Waals surface area contributed by atoms with E-state index in [1.165, 1.54) is 0 Å². The predicted octanol–water partition coefficient (Wildman–Crippen LogP) is 2.47. The van der Waals surface area contributed by atoms with Crippen LogP contribution >= 0.6 is 11.6 Å². The van der Waals surface area contributed by atoms with Crippen molar-refractivity contribution in [1.29, 1.82) is 0 Å². The number of aryl methyl sites for hydroxylation is 1. The molecule has 1 saturated carbocycles. The average Bonchev–Trinajstić information content (AvgIpc) is 2.18. The van der Waals surface area contributed by atoms with E-state index in [4.69, 9.17) is 17.3 Å². The smallest absolute Gasteiger partial charge is 0.244 e. The highest BCUT2D eigenvalue weighted by Gasteiger charge is 2.40. The molecule has 86 valence electrons. The molecular weight excluding hydrogens is 224 g/mol. The number of carbonyl (C=O) groups is 1. The zero-order valence-corrected chi connectivity index (χ0v) is 9.97. The summed E-state index contributed by atoms with van der Waals surface area (Å²) in [5, 5.41) is 3.34. The van der Waals surface area contributed by atoms with Gasteiger partial charge in [-0.3, -0.25) is 4.79 Å². The monoisotopic (exact) mass is 238 g/mol. The molecule has 0 spiro atoms. The Labute approximate surface area is 100.0 Å². The SMILES string of the molecule is Cc1ccc(NC(=O)C2(N)CCC2)c(Cl)c1. The van der Waals surface area contributed by atoms with E-state index in [1.807, 2.05) is 19.1 Å². The van der Waals surface area contributed by atoms with Crippen LogP contribution < -0.4 is 11.1 Å². The third kappa shape index (κ3) is 2.06. The van der Waals surface area contributed by atoms with Crippen LogP contribution in [0.5, 0.6) is 0 Å². The van der Waals surface area contributed by atoms with Crippen LogP contribution in [-0.2, 0) is 4.79 Å². The molecule has 0 saturated heterocycles. The number of nitrogens with two attached hydrogens (primary N) is 1. The van der Waals surface area contributed by atoms with Gasteiger partial charge in [-0.25, -0.2) is 0 Å². The molecule has 0 aliphatic heterocycles. The second-order valence-electron chi connectivity index (χ2n) is 4.45. The van der Waals surface area contributed by atoms with Gasteiger partial charge >= 0.3 is 0 Å². The fraction of sp³-hybridized carbons (Fsp3) is 0.417. The first kappa shape index (κ1) is 11.4. The lowest BCUT2D eigenvalue weighted by Crippen LogP contribution is -2.56. The van der Waals surface area contributed by atoms with Crippen molar-refractivity contribution in [2.24, 2.45) is 5.73 Å². The molecule has 0 bridgehead atoms. The number of carbonyl (C=O) groups excluding carboxylic acids is 1.